The highest BCUT2D eigenvalue weighted by atomic mass is 16.5. The highest BCUT2D eigenvalue weighted by Gasteiger charge is 2.36. The lowest BCUT2D eigenvalue weighted by Crippen LogP contribution is -2.26. The third-order valence-corrected chi connectivity index (χ3v) is 3.55. The smallest absolute Gasteiger partial charge is 0.311 e. The van der Waals surface area contributed by atoms with Gasteiger partial charge < -0.3 is 9.64 Å². The molecule has 1 fully saturated rings. The maximum atomic E-state index is 12.0. The fraction of sp³-hybridized carbons (Fsp3) is 0.467. The van der Waals surface area contributed by atoms with Crippen molar-refractivity contribution in [1.29, 1.82) is 0 Å². The first-order chi connectivity index (χ1) is 9.02. The van der Waals surface area contributed by atoms with Crippen molar-refractivity contribution in [2.75, 3.05) is 18.1 Å². The molecule has 0 unspecified atom stereocenters. The Morgan fingerprint density at radius 3 is 2.74 bits per heavy atom. The van der Waals surface area contributed by atoms with Crippen LogP contribution in [-0.4, -0.2) is 25.0 Å². The fourth-order valence-electron chi connectivity index (χ4n) is 2.27. The summed E-state index contributed by atoms with van der Waals surface area (Å²) in [6, 6.07) is 5.91. The lowest BCUT2D eigenvalue weighted by Gasteiger charge is -2.17. The van der Waals surface area contributed by atoms with E-state index in [2.05, 4.69) is 0 Å². The largest absolute Gasteiger partial charge is 0.466 e. The Kier molecular flexibility index (Phi) is 3.88. The van der Waals surface area contributed by atoms with Crippen molar-refractivity contribution in [3.63, 3.8) is 0 Å². The predicted molar refractivity (Wildman–Crippen MR) is 73.0 cm³/mol. The quantitative estimate of drug-likeness (QED) is 0.784. The third-order valence-electron chi connectivity index (χ3n) is 3.55. The molecular weight excluding hydrogens is 242 g/mol. The normalized spacial score (nSPS) is 18.8. The van der Waals surface area contributed by atoms with Crippen LogP contribution in [0.5, 0.6) is 0 Å². The van der Waals surface area contributed by atoms with Crippen LogP contribution < -0.4 is 4.90 Å². The van der Waals surface area contributed by atoms with Gasteiger partial charge in [0.2, 0.25) is 5.91 Å². The van der Waals surface area contributed by atoms with E-state index in [1.807, 2.05) is 32.0 Å². The molecule has 19 heavy (non-hydrogen) atoms. The van der Waals surface area contributed by atoms with Crippen molar-refractivity contribution in [2.24, 2.45) is 5.92 Å². The average molecular weight is 261 g/mol. The number of anilines is 1. The molecule has 0 aromatic heterocycles. The number of amides is 1. The summed E-state index contributed by atoms with van der Waals surface area (Å²) in [5.41, 5.74) is 3.20. The Hall–Kier alpha value is -1.84. The lowest BCUT2D eigenvalue weighted by atomic mass is 10.1. The highest BCUT2D eigenvalue weighted by Crippen LogP contribution is 2.27. The average Bonchev–Trinajstić information content (AvgIpc) is 2.75. The van der Waals surface area contributed by atoms with Crippen molar-refractivity contribution in [3.05, 3.63) is 29.3 Å². The van der Waals surface area contributed by atoms with Gasteiger partial charge in [-0.2, -0.15) is 0 Å². The molecule has 0 N–H and O–H groups in total. The van der Waals surface area contributed by atoms with E-state index in [0.29, 0.717) is 13.2 Å². The second-order valence-corrected chi connectivity index (χ2v) is 4.93. The minimum Gasteiger partial charge on any atom is -0.466 e. The summed E-state index contributed by atoms with van der Waals surface area (Å²) >= 11 is 0. The van der Waals surface area contributed by atoms with Crippen molar-refractivity contribution in [1.82, 2.24) is 0 Å². The van der Waals surface area contributed by atoms with Crippen molar-refractivity contribution >= 4 is 17.6 Å². The Morgan fingerprint density at radius 1 is 1.37 bits per heavy atom. The van der Waals surface area contributed by atoms with Crippen LogP contribution in [0.4, 0.5) is 5.69 Å². The van der Waals surface area contributed by atoms with Gasteiger partial charge in [0.1, 0.15) is 0 Å². The first-order valence-corrected chi connectivity index (χ1v) is 6.57. The first kappa shape index (κ1) is 13.6. The summed E-state index contributed by atoms with van der Waals surface area (Å²) in [5, 5.41) is 0. The van der Waals surface area contributed by atoms with E-state index in [4.69, 9.17) is 4.74 Å². The number of rotatable bonds is 3. The Morgan fingerprint density at radius 2 is 2.11 bits per heavy atom. The van der Waals surface area contributed by atoms with Gasteiger partial charge in [-0.25, -0.2) is 0 Å². The van der Waals surface area contributed by atoms with Gasteiger partial charge in [-0.3, -0.25) is 9.59 Å². The molecule has 2 rings (SSSR count). The van der Waals surface area contributed by atoms with Crippen LogP contribution >= 0.6 is 0 Å². The summed E-state index contributed by atoms with van der Waals surface area (Å²) in [7, 11) is 0. The Bertz CT molecular complexity index is 510. The molecule has 1 aromatic carbocycles. The van der Waals surface area contributed by atoms with Gasteiger partial charge in [-0.05, 0) is 44.0 Å². The van der Waals surface area contributed by atoms with Gasteiger partial charge in [-0.15, -0.1) is 0 Å². The second-order valence-electron chi connectivity index (χ2n) is 4.93. The van der Waals surface area contributed by atoms with E-state index < -0.39 is 0 Å². The van der Waals surface area contributed by atoms with Crippen LogP contribution in [0.25, 0.3) is 0 Å². The predicted octanol–water partition coefficient (Wildman–Crippen LogP) is 2.22. The molecule has 0 saturated carbocycles. The van der Waals surface area contributed by atoms with Crippen LogP contribution in [0.1, 0.15) is 24.5 Å². The number of esters is 1. The van der Waals surface area contributed by atoms with Crippen molar-refractivity contribution in [3.8, 4) is 0 Å². The van der Waals surface area contributed by atoms with Crippen LogP contribution in [-0.2, 0) is 14.3 Å². The van der Waals surface area contributed by atoms with Crippen molar-refractivity contribution < 1.29 is 14.3 Å². The molecule has 1 aromatic rings. The summed E-state index contributed by atoms with van der Waals surface area (Å²) in [6.07, 6.45) is 0.242. The molecule has 1 aliphatic heterocycles. The molecule has 4 heteroatoms. The summed E-state index contributed by atoms with van der Waals surface area (Å²) < 4.78 is 4.98. The molecule has 0 radical (unpaired) electrons. The number of carbonyl (C=O) groups is 2. The van der Waals surface area contributed by atoms with Gasteiger partial charge in [0, 0.05) is 18.7 Å². The molecule has 0 aliphatic carbocycles. The van der Waals surface area contributed by atoms with Gasteiger partial charge in [0.25, 0.3) is 0 Å². The summed E-state index contributed by atoms with van der Waals surface area (Å²) in [4.78, 5) is 25.4. The van der Waals surface area contributed by atoms with Crippen LogP contribution in [0.2, 0.25) is 0 Å². The molecule has 102 valence electrons. The molecule has 0 bridgehead atoms. The molecule has 1 amide bonds. The first-order valence-electron chi connectivity index (χ1n) is 6.57. The zero-order valence-corrected chi connectivity index (χ0v) is 11.6. The fourth-order valence-corrected chi connectivity index (χ4v) is 2.27. The molecule has 1 heterocycles. The van der Waals surface area contributed by atoms with E-state index in [1.54, 1.807) is 11.8 Å². The number of carbonyl (C=O) groups excluding carboxylic acids is 2. The van der Waals surface area contributed by atoms with Gasteiger partial charge in [0.05, 0.1) is 12.5 Å². The summed E-state index contributed by atoms with van der Waals surface area (Å²) in [6.45, 7) is 6.59. The van der Waals surface area contributed by atoms with E-state index in [-0.39, 0.29) is 24.2 Å². The topological polar surface area (TPSA) is 46.6 Å². The molecule has 4 nitrogen and oxygen atoms in total. The zero-order chi connectivity index (χ0) is 14.0. The van der Waals surface area contributed by atoms with Crippen LogP contribution in [0.15, 0.2) is 18.2 Å². The van der Waals surface area contributed by atoms with E-state index >= 15 is 0 Å². The number of benzene rings is 1. The minimum absolute atomic E-state index is 0.0127. The second kappa shape index (κ2) is 5.43. The standard InChI is InChI=1S/C15H19NO3/c1-4-19-15(18)12-8-14(17)16(9-12)13-6-5-10(2)11(3)7-13/h5-7,12H,4,8-9H2,1-3H3/t12-/m1/s1. The lowest BCUT2D eigenvalue weighted by molar-refractivity contribution is -0.147. The highest BCUT2D eigenvalue weighted by molar-refractivity contribution is 5.99. The van der Waals surface area contributed by atoms with Gasteiger partial charge >= 0.3 is 5.97 Å². The number of nitrogens with zero attached hydrogens (tertiary/aromatic N) is 1. The monoisotopic (exact) mass is 261 g/mol. The van der Waals surface area contributed by atoms with Gasteiger partial charge in [-0.1, -0.05) is 6.07 Å². The van der Waals surface area contributed by atoms with Crippen LogP contribution in [0, 0.1) is 19.8 Å². The zero-order valence-electron chi connectivity index (χ0n) is 11.6. The Labute approximate surface area is 113 Å². The molecule has 0 spiro atoms. The minimum atomic E-state index is -0.339. The number of ether oxygens (including phenoxy) is 1. The van der Waals surface area contributed by atoms with E-state index in [9.17, 15) is 9.59 Å². The van der Waals surface area contributed by atoms with Crippen LogP contribution in [0.3, 0.4) is 0 Å². The van der Waals surface area contributed by atoms with E-state index in [0.717, 1.165) is 11.3 Å². The molecule has 1 saturated heterocycles. The SMILES string of the molecule is CCOC(=O)[C@@H]1CC(=O)N(c2ccc(C)c(C)c2)C1. The molecule has 1 aliphatic rings. The number of aryl methyl sites for hydroxylation is 2. The number of hydrogen-bond acceptors (Lipinski definition) is 3. The van der Waals surface area contributed by atoms with Gasteiger partial charge in [0.15, 0.2) is 0 Å². The third kappa shape index (κ3) is 2.78. The van der Waals surface area contributed by atoms with Crippen molar-refractivity contribution in [2.45, 2.75) is 27.2 Å². The number of hydrogen-bond donors (Lipinski definition) is 0. The maximum Gasteiger partial charge on any atom is 0.311 e. The summed E-state index contributed by atoms with van der Waals surface area (Å²) in [5.74, 6) is -0.627. The molecule has 1 atom stereocenters. The van der Waals surface area contributed by atoms with E-state index in [1.165, 1.54) is 5.56 Å². The maximum absolute atomic E-state index is 12.0. The molecular formula is C15H19NO3. The Balaban J connectivity index is 2.15.